The molecule has 0 saturated heterocycles. The van der Waals surface area contributed by atoms with Gasteiger partial charge in [0.2, 0.25) is 0 Å². The van der Waals surface area contributed by atoms with Gasteiger partial charge >= 0.3 is 0 Å². The van der Waals surface area contributed by atoms with E-state index in [4.69, 9.17) is 0 Å². The van der Waals surface area contributed by atoms with Crippen molar-refractivity contribution in [2.45, 2.75) is 58.7 Å². The van der Waals surface area contributed by atoms with Crippen molar-refractivity contribution in [3.8, 4) is 0 Å². The van der Waals surface area contributed by atoms with Crippen molar-refractivity contribution in [3.63, 3.8) is 0 Å². The van der Waals surface area contributed by atoms with E-state index in [0.29, 0.717) is 6.54 Å². The molecule has 1 aliphatic rings. The Morgan fingerprint density at radius 2 is 2.03 bits per heavy atom. The standard InChI is InChI=1S/C21H30N8/c1-16-25-17-9-5-6-10-18(17)28(16)14-8-12-23-21(22-2)24-15-20-27-26-19-11-4-3-7-13-29(19)20/h5-6,9-10H,3-4,7-8,11-15H2,1-2H3,(H2,22,23,24). The number of para-hydroxylation sites is 2. The van der Waals surface area contributed by atoms with E-state index in [9.17, 15) is 0 Å². The number of guanidine groups is 1. The molecule has 0 unspecified atom stereocenters. The number of imidazole rings is 1. The lowest BCUT2D eigenvalue weighted by Crippen LogP contribution is -2.38. The molecule has 0 bridgehead atoms. The van der Waals surface area contributed by atoms with Crippen LogP contribution in [0.2, 0.25) is 0 Å². The van der Waals surface area contributed by atoms with Gasteiger partial charge in [0.15, 0.2) is 11.8 Å². The quantitative estimate of drug-likeness (QED) is 0.381. The van der Waals surface area contributed by atoms with Gasteiger partial charge in [0.05, 0.1) is 17.6 Å². The number of hydrogen-bond donors (Lipinski definition) is 2. The van der Waals surface area contributed by atoms with Crippen LogP contribution < -0.4 is 10.6 Å². The first kappa shape index (κ1) is 19.4. The minimum absolute atomic E-state index is 0.637. The van der Waals surface area contributed by atoms with Crippen molar-refractivity contribution in [3.05, 3.63) is 41.7 Å². The average Bonchev–Trinajstić information content (AvgIpc) is 3.17. The van der Waals surface area contributed by atoms with Crippen LogP contribution in [0, 0.1) is 6.92 Å². The minimum atomic E-state index is 0.637. The molecule has 0 spiro atoms. The largest absolute Gasteiger partial charge is 0.356 e. The summed E-state index contributed by atoms with van der Waals surface area (Å²) >= 11 is 0. The maximum absolute atomic E-state index is 4.63. The molecule has 1 aliphatic heterocycles. The molecular formula is C21H30N8. The van der Waals surface area contributed by atoms with Crippen LogP contribution >= 0.6 is 0 Å². The third kappa shape index (κ3) is 4.41. The third-order valence-electron chi connectivity index (χ3n) is 5.52. The van der Waals surface area contributed by atoms with Crippen LogP contribution in [0.4, 0.5) is 0 Å². The van der Waals surface area contributed by atoms with Gasteiger partial charge in [-0.1, -0.05) is 18.6 Å². The Bertz CT molecular complexity index is 984. The fourth-order valence-corrected chi connectivity index (χ4v) is 3.98. The number of benzene rings is 1. The first-order chi connectivity index (χ1) is 14.3. The summed E-state index contributed by atoms with van der Waals surface area (Å²) in [7, 11) is 1.80. The van der Waals surface area contributed by atoms with Crippen molar-refractivity contribution in [1.82, 2.24) is 34.9 Å². The predicted molar refractivity (Wildman–Crippen MR) is 115 cm³/mol. The Kier molecular flexibility index (Phi) is 6.07. The van der Waals surface area contributed by atoms with Crippen LogP contribution in [-0.4, -0.2) is 43.9 Å². The van der Waals surface area contributed by atoms with E-state index in [-0.39, 0.29) is 0 Å². The van der Waals surface area contributed by atoms with Gasteiger partial charge in [0, 0.05) is 33.1 Å². The summed E-state index contributed by atoms with van der Waals surface area (Å²) in [4.78, 5) is 8.97. The normalized spacial score (nSPS) is 14.6. The van der Waals surface area contributed by atoms with Gasteiger partial charge in [-0.05, 0) is 38.3 Å². The number of nitrogens with zero attached hydrogens (tertiary/aromatic N) is 6. The van der Waals surface area contributed by atoms with Crippen LogP contribution in [0.5, 0.6) is 0 Å². The lowest BCUT2D eigenvalue weighted by molar-refractivity contribution is 0.593. The summed E-state index contributed by atoms with van der Waals surface area (Å²) in [5.41, 5.74) is 2.25. The molecule has 3 heterocycles. The van der Waals surface area contributed by atoms with E-state index < -0.39 is 0 Å². The highest BCUT2D eigenvalue weighted by Gasteiger charge is 2.14. The van der Waals surface area contributed by atoms with Gasteiger partial charge in [-0.3, -0.25) is 4.99 Å². The maximum atomic E-state index is 4.63. The average molecular weight is 395 g/mol. The summed E-state index contributed by atoms with van der Waals surface area (Å²) in [5, 5.41) is 15.5. The molecule has 0 amide bonds. The van der Waals surface area contributed by atoms with Gasteiger partial charge in [-0.2, -0.15) is 0 Å². The van der Waals surface area contributed by atoms with Gasteiger partial charge in [0.1, 0.15) is 11.6 Å². The zero-order valence-electron chi connectivity index (χ0n) is 17.4. The molecule has 4 rings (SSSR count). The number of nitrogens with one attached hydrogen (secondary N) is 2. The van der Waals surface area contributed by atoms with Gasteiger partial charge in [-0.15, -0.1) is 10.2 Å². The van der Waals surface area contributed by atoms with Crippen LogP contribution in [0.1, 0.15) is 43.2 Å². The zero-order valence-corrected chi connectivity index (χ0v) is 17.4. The lowest BCUT2D eigenvalue weighted by atomic mass is 10.2. The Balaban J connectivity index is 1.27. The highest BCUT2D eigenvalue weighted by Crippen LogP contribution is 2.16. The van der Waals surface area contributed by atoms with E-state index in [1.165, 1.54) is 24.8 Å². The summed E-state index contributed by atoms with van der Waals surface area (Å²) in [6, 6.07) is 8.29. The summed E-state index contributed by atoms with van der Waals surface area (Å²) in [6.45, 7) is 5.48. The van der Waals surface area contributed by atoms with E-state index in [1.54, 1.807) is 7.05 Å². The topological polar surface area (TPSA) is 84.9 Å². The highest BCUT2D eigenvalue weighted by molar-refractivity contribution is 5.79. The number of fused-ring (bicyclic) bond motifs is 2. The number of hydrogen-bond acceptors (Lipinski definition) is 4. The van der Waals surface area contributed by atoms with Crippen molar-refractivity contribution in [2.75, 3.05) is 13.6 Å². The van der Waals surface area contributed by atoms with Crippen LogP contribution in [0.25, 0.3) is 11.0 Å². The first-order valence-electron chi connectivity index (χ1n) is 10.5. The van der Waals surface area contributed by atoms with Gasteiger partial charge in [0.25, 0.3) is 0 Å². The molecule has 29 heavy (non-hydrogen) atoms. The van der Waals surface area contributed by atoms with Gasteiger partial charge < -0.3 is 19.8 Å². The fraction of sp³-hybridized carbons (Fsp3) is 0.524. The SMILES string of the molecule is CN=C(NCCCn1c(C)nc2ccccc21)NCc1nnc2n1CCCCC2. The van der Waals surface area contributed by atoms with E-state index in [1.807, 2.05) is 6.07 Å². The lowest BCUT2D eigenvalue weighted by Gasteiger charge is -2.13. The first-order valence-corrected chi connectivity index (χ1v) is 10.5. The Hall–Kier alpha value is -2.90. The summed E-state index contributed by atoms with van der Waals surface area (Å²) in [6.07, 6.45) is 5.70. The van der Waals surface area contributed by atoms with E-state index in [2.05, 4.69) is 65.1 Å². The molecule has 3 aromatic rings. The Labute approximate surface area is 171 Å². The van der Waals surface area contributed by atoms with Crippen LogP contribution in [0.3, 0.4) is 0 Å². The van der Waals surface area contributed by atoms with Crippen molar-refractivity contribution >= 4 is 17.0 Å². The number of aromatic nitrogens is 5. The van der Waals surface area contributed by atoms with E-state index in [0.717, 1.165) is 61.4 Å². The minimum Gasteiger partial charge on any atom is -0.356 e. The van der Waals surface area contributed by atoms with Crippen molar-refractivity contribution < 1.29 is 0 Å². The smallest absolute Gasteiger partial charge is 0.191 e. The number of rotatable bonds is 6. The molecule has 0 radical (unpaired) electrons. The second-order valence-corrected chi connectivity index (χ2v) is 7.50. The van der Waals surface area contributed by atoms with E-state index >= 15 is 0 Å². The molecule has 0 atom stereocenters. The molecule has 2 N–H and O–H groups in total. The molecule has 0 saturated carbocycles. The van der Waals surface area contributed by atoms with Crippen LogP contribution in [-0.2, 0) is 26.1 Å². The molecule has 8 heteroatoms. The zero-order chi connectivity index (χ0) is 20.1. The Morgan fingerprint density at radius 1 is 1.14 bits per heavy atom. The van der Waals surface area contributed by atoms with Crippen molar-refractivity contribution in [1.29, 1.82) is 0 Å². The monoisotopic (exact) mass is 394 g/mol. The van der Waals surface area contributed by atoms with Crippen LogP contribution in [0.15, 0.2) is 29.3 Å². The van der Waals surface area contributed by atoms with Crippen molar-refractivity contribution in [2.24, 2.45) is 4.99 Å². The molecule has 0 aliphatic carbocycles. The summed E-state index contributed by atoms with van der Waals surface area (Å²) < 4.78 is 4.54. The second-order valence-electron chi connectivity index (χ2n) is 7.50. The highest BCUT2D eigenvalue weighted by atomic mass is 15.3. The number of aryl methyl sites for hydroxylation is 3. The fourth-order valence-electron chi connectivity index (χ4n) is 3.98. The summed E-state index contributed by atoms with van der Waals surface area (Å²) in [5.74, 6) is 3.96. The maximum Gasteiger partial charge on any atom is 0.191 e. The second kappa shape index (κ2) is 9.07. The number of aliphatic imine (C=N–C) groups is 1. The third-order valence-corrected chi connectivity index (χ3v) is 5.52. The molecule has 1 aromatic carbocycles. The molecule has 154 valence electrons. The van der Waals surface area contributed by atoms with Gasteiger partial charge in [-0.25, -0.2) is 4.98 Å². The molecule has 8 nitrogen and oxygen atoms in total. The predicted octanol–water partition coefficient (Wildman–Crippen LogP) is 2.42. The molecular weight excluding hydrogens is 364 g/mol. The molecule has 0 fully saturated rings. The Morgan fingerprint density at radius 3 is 2.93 bits per heavy atom. The molecule has 2 aromatic heterocycles.